The number of rotatable bonds is 4. The highest BCUT2D eigenvalue weighted by Gasteiger charge is 2.47. The summed E-state index contributed by atoms with van der Waals surface area (Å²) < 4.78 is 19.2. The SMILES string of the molecule is Cc1cc(C)cc([C@@H](C)N(C)C(=O)N2CC[C@@H]3CN(C4=CC(=O)OC4)CC3[C@@H]2c2ccc(F)cc2C)c1. The lowest BCUT2D eigenvalue weighted by atomic mass is 9.78. The molecule has 5 rings (SSSR count). The molecule has 0 aliphatic carbocycles. The first-order chi connectivity index (χ1) is 17.6. The third-order valence-electron chi connectivity index (χ3n) is 8.43. The Morgan fingerprint density at radius 2 is 1.84 bits per heavy atom. The van der Waals surface area contributed by atoms with E-state index < -0.39 is 0 Å². The van der Waals surface area contributed by atoms with Crippen LogP contribution in [-0.4, -0.2) is 60.0 Å². The normalized spacial score (nSPS) is 24.0. The van der Waals surface area contributed by atoms with E-state index in [1.807, 2.05) is 29.8 Å². The van der Waals surface area contributed by atoms with E-state index in [0.29, 0.717) is 19.1 Å². The van der Waals surface area contributed by atoms with E-state index in [1.165, 1.54) is 17.2 Å². The molecule has 2 aromatic carbocycles. The highest BCUT2D eigenvalue weighted by molar-refractivity contribution is 5.85. The number of likely N-dealkylation sites (tertiary alicyclic amines) is 2. The van der Waals surface area contributed by atoms with Gasteiger partial charge in [-0.3, -0.25) is 0 Å². The number of carbonyl (C=O) groups excluding carboxylic acids is 2. The van der Waals surface area contributed by atoms with Gasteiger partial charge in [0.05, 0.1) is 17.8 Å². The predicted molar refractivity (Wildman–Crippen MR) is 140 cm³/mol. The number of benzene rings is 2. The van der Waals surface area contributed by atoms with Gasteiger partial charge in [0.1, 0.15) is 12.4 Å². The molecule has 196 valence electrons. The predicted octanol–water partition coefficient (Wildman–Crippen LogP) is 5.30. The maximum atomic E-state index is 14.1. The molecule has 0 bridgehead atoms. The van der Waals surface area contributed by atoms with Gasteiger partial charge in [0.2, 0.25) is 0 Å². The van der Waals surface area contributed by atoms with Crippen LogP contribution in [0, 0.1) is 38.4 Å². The average molecular weight is 506 g/mol. The van der Waals surface area contributed by atoms with Gasteiger partial charge < -0.3 is 19.4 Å². The van der Waals surface area contributed by atoms with Crippen molar-refractivity contribution in [2.24, 2.45) is 11.8 Å². The van der Waals surface area contributed by atoms with Crippen LogP contribution in [0.2, 0.25) is 0 Å². The third-order valence-corrected chi connectivity index (χ3v) is 8.43. The molecule has 1 unspecified atom stereocenters. The van der Waals surface area contributed by atoms with Gasteiger partial charge in [-0.2, -0.15) is 0 Å². The largest absolute Gasteiger partial charge is 0.456 e. The lowest BCUT2D eigenvalue weighted by Crippen LogP contribution is -2.51. The number of ether oxygens (including phenoxy) is 1. The molecular weight excluding hydrogens is 469 g/mol. The summed E-state index contributed by atoms with van der Waals surface area (Å²) in [4.78, 5) is 31.9. The molecule has 3 aliphatic heterocycles. The fourth-order valence-electron chi connectivity index (χ4n) is 6.44. The second kappa shape index (κ2) is 9.84. The summed E-state index contributed by atoms with van der Waals surface area (Å²) in [5.74, 6) is -0.0258. The average Bonchev–Trinajstić information content (AvgIpc) is 3.48. The van der Waals surface area contributed by atoms with Crippen molar-refractivity contribution in [3.63, 3.8) is 0 Å². The zero-order valence-corrected chi connectivity index (χ0v) is 22.3. The van der Waals surface area contributed by atoms with Crippen molar-refractivity contribution in [1.82, 2.24) is 14.7 Å². The number of carbonyl (C=O) groups is 2. The van der Waals surface area contributed by atoms with E-state index in [9.17, 15) is 14.0 Å². The van der Waals surface area contributed by atoms with Crippen LogP contribution < -0.4 is 0 Å². The van der Waals surface area contributed by atoms with Gasteiger partial charge in [-0.15, -0.1) is 0 Å². The van der Waals surface area contributed by atoms with Gasteiger partial charge in [0.15, 0.2) is 0 Å². The number of aryl methyl sites for hydroxylation is 3. The van der Waals surface area contributed by atoms with E-state index in [2.05, 4.69) is 43.9 Å². The standard InChI is InChI=1S/C30H36FN3O3/c1-18-10-19(2)12-23(11-18)21(4)32(5)30(36)34-9-8-22-15-33(25-14-28(35)37-17-25)16-27(22)29(34)26-7-6-24(31)13-20(26)3/h6-7,10-14,21-22,27,29H,8-9,15-17H2,1-5H3/t21-,22-,27?,29+/m1/s1. The smallest absolute Gasteiger partial charge is 0.333 e. The summed E-state index contributed by atoms with van der Waals surface area (Å²) in [6.45, 7) is 10.6. The van der Waals surface area contributed by atoms with Gasteiger partial charge in [0, 0.05) is 38.7 Å². The maximum absolute atomic E-state index is 14.1. The molecule has 37 heavy (non-hydrogen) atoms. The topological polar surface area (TPSA) is 53.1 Å². The quantitative estimate of drug-likeness (QED) is 0.530. The number of hydrogen-bond donors (Lipinski definition) is 0. The molecule has 3 aliphatic rings. The first kappa shape index (κ1) is 25.3. The number of esters is 1. The second-order valence-electron chi connectivity index (χ2n) is 11.0. The second-order valence-corrected chi connectivity index (χ2v) is 11.0. The Bertz CT molecular complexity index is 1240. The van der Waals surface area contributed by atoms with E-state index in [1.54, 1.807) is 12.1 Å². The molecule has 3 heterocycles. The maximum Gasteiger partial charge on any atom is 0.333 e. The molecule has 2 fully saturated rings. The molecule has 2 saturated heterocycles. The number of fused-ring (bicyclic) bond motifs is 1. The van der Waals surface area contributed by atoms with E-state index in [0.717, 1.165) is 41.9 Å². The van der Waals surface area contributed by atoms with Gasteiger partial charge in [-0.25, -0.2) is 14.0 Å². The zero-order chi connectivity index (χ0) is 26.4. The van der Waals surface area contributed by atoms with Crippen molar-refractivity contribution < 1.29 is 18.7 Å². The fourth-order valence-corrected chi connectivity index (χ4v) is 6.44. The molecule has 4 atom stereocenters. The Morgan fingerprint density at radius 3 is 2.49 bits per heavy atom. The summed E-state index contributed by atoms with van der Waals surface area (Å²) in [5.41, 5.74) is 6.23. The molecule has 0 radical (unpaired) electrons. The van der Waals surface area contributed by atoms with Crippen molar-refractivity contribution in [2.45, 2.75) is 46.2 Å². The Morgan fingerprint density at radius 1 is 1.11 bits per heavy atom. The molecule has 7 heteroatoms. The minimum absolute atomic E-state index is 0.0177. The Kier molecular flexibility index (Phi) is 6.73. The third kappa shape index (κ3) is 4.83. The van der Waals surface area contributed by atoms with Crippen LogP contribution in [0.5, 0.6) is 0 Å². The van der Waals surface area contributed by atoms with Gasteiger partial charge in [-0.05, 0) is 68.9 Å². The number of amides is 2. The highest BCUT2D eigenvalue weighted by Crippen LogP contribution is 2.46. The van der Waals surface area contributed by atoms with Crippen molar-refractivity contribution in [1.29, 1.82) is 0 Å². The van der Waals surface area contributed by atoms with Crippen LogP contribution in [0.1, 0.15) is 53.2 Å². The molecule has 0 spiro atoms. The molecule has 0 saturated carbocycles. The summed E-state index contributed by atoms with van der Waals surface area (Å²) in [6, 6.07) is 11.0. The molecule has 0 aromatic heterocycles. The minimum Gasteiger partial charge on any atom is -0.456 e. The number of urea groups is 1. The van der Waals surface area contributed by atoms with Crippen LogP contribution in [0.15, 0.2) is 48.2 Å². The van der Waals surface area contributed by atoms with Gasteiger partial charge in [0.25, 0.3) is 0 Å². The first-order valence-electron chi connectivity index (χ1n) is 13.1. The fraction of sp³-hybridized carbons (Fsp3) is 0.467. The molecular formula is C30H36FN3O3. The first-order valence-corrected chi connectivity index (χ1v) is 13.1. The summed E-state index contributed by atoms with van der Waals surface area (Å²) in [7, 11) is 1.87. The lowest BCUT2D eigenvalue weighted by molar-refractivity contribution is -0.135. The Balaban J connectivity index is 1.47. The monoisotopic (exact) mass is 505 g/mol. The molecule has 0 N–H and O–H groups in total. The minimum atomic E-state index is -0.297. The van der Waals surface area contributed by atoms with Crippen molar-refractivity contribution in [3.05, 3.63) is 81.8 Å². The number of nitrogens with zero attached hydrogens (tertiary/aromatic N) is 3. The Labute approximate surface area is 218 Å². The van der Waals surface area contributed by atoms with E-state index >= 15 is 0 Å². The number of cyclic esters (lactones) is 1. The van der Waals surface area contributed by atoms with E-state index in [-0.39, 0.29) is 35.8 Å². The van der Waals surface area contributed by atoms with Crippen molar-refractivity contribution in [2.75, 3.05) is 33.3 Å². The van der Waals surface area contributed by atoms with Crippen LogP contribution in [0.4, 0.5) is 9.18 Å². The lowest BCUT2D eigenvalue weighted by Gasteiger charge is -2.45. The van der Waals surface area contributed by atoms with Gasteiger partial charge in [-0.1, -0.05) is 35.4 Å². The molecule has 2 aromatic rings. The Hall–Kier alpha value is -3.35. The number of piperidine rings is 1. The van der Waals surface area contributed by atoms with E-state index in [4.69, 9.17) is 4.74 Å². The summed E-state index contributed by atoms with van der Waals surface area (Å²) in [6.07, 6.45) is 2.47. The van der Waals surface area contributed by atoms with Crippen LogP contribution in [0.3, 0.4) is 0 Å². The van der Waals surface area contributed by atoms with Crippen molar-refractivity contribution in [3.8, 4) is 0 Å². The highest BCUT2D eigenvalue weighted by atomic mass is 19.1. The zero-order valence-electron chi connectivity index (χ0n) is 22.3. The van der Waals surface area contributed by atoms with Gasteiger partial charge >= 0.3 is 12.0 Å². The number of hydrogen-bond acceptors (Lipinski definition) is 4. The summed E-state index contributed by atoms with van der Waals surface area (Å²) >= 11 is 0. The van der Waals surface area contributed by atoms with Crippen molar-refractivity contribution >= 4 is 12.0 Å². The van der Waals surface area contributed by atoms with Crippen LogP contribution in [0.25, 0.3) is 0 Å². The van der Waals surface area contributed by atoms with Crippen LogP contribution >= 0.6 is 0 Å². The van der Waals surface area contributed by atoms with Crippen LogP contribution in [-0.2, 0) is 9.53 Å². The molecule has 2 amide bonds. The molecule has 6 nitrogen and oxygen atoms in total. The number of halogens is 1. The summed E-state index contributed by atoms with van der Waals surface area (Å²) in [5, 5.41) is 0.